The van der Waals surface area contributed by atoms with Crippen LogP contribution in [0.1, 0.15) is 42.8 Å². The van der Waals surface area contributed by atoms with Crippen molar-refractivity contribution in [3.63, 3.8) is 0 Å². The van der Waals surface area contributed by atoms with Gasteiger partial charge in [-0.1, -0.05) is 24.3 Å². The predicted molar refractivity (Wildman–Crippen MR) is 86.3 cm³/mol. The molecule has 0 fully saturated rings. The summed E-state index contributed by atoms with van der Waals surface area (Å²) in [4.78, 5) is 12.7. The van der Waals surface area contributed by atoms with Crippen molar-refractivity contribution in [1.82, 2.24) is 9.59 Å². The molecule has 0 radical (unpaired) electrons. The van der Waals surface area contributed by atoms with E-state index in [1.165, 1.54) is 0 Å². The highest BCUT2D eigenvalue weighted by atomic mass is 32.1. The minimum atomic E-state index is -0.357. The van der Waals surface area contributed by atoms with E-state index < -0.39 is 0 Å². The van der Waals surface area contributed by atoms with Crippen molar-refractivity contribution < 1.29 is 14.3 Å². The van der Waals surface area contributed by atoms with Gasteiger partial charge < -0.3 is 9.47 Å². The van der Waals surface area contributed by atoms with Crippen LogP contribution in [-0.2, 0) is 4.74 Å². The van der Waals surface area contributed by atoms with E-state index in [1.54, 1.807) is 7.11 Å². The van der Waals surface area contributed by atoms with Crippen LogP contribution >= 0.6 is 11.5 Å². The summed E-state index contributed by atoms with van der Waals surface area (Å²) in [5.41, 5.74) is 1.38. The summed E-state index contributed by atoms with van der Waals surface area (Å²) < 4.78 is 14.5. The summed E-state index contributed by atoms with van der Waals surface area (Å²) >= 11 is 1.06. The zero-order valence-electron chi connectivity index (χ0n) is 13.0. The fraction of sp³-hybridized carbons (Fsp3) is 0.438. The second-order valence-corrected chi connectivity index (χ2v) is 5.79. The highest BCUT2D eigenvalue weighted by Crippen LogP contribution is 2.26. The van der Waals surface area contributed by atoms with Crippen molar-refractivity contribution >= 4 is 17.5 Å². The molecule has 5 nitrogen and oxygen atoms in total. The van der Waals surface area contributed by atoms with Crippen molar-refractivity contribution in [3.8, 4) is 17.0 Å². The zero-order chi connectivity index (χ0) is 15.9. The number of benzene rings is 1. The number of unbranched alkanes of at least 4 members (excludes halogenated alkanes) is 1. The number of hydrogen-bond acceptors (Lipinski definition) is 6. The predicted octanol–water partition coefficient (Wildman–Crippen LogP) is 3.95. The first kappa shape index (κ1) is 16.4. The molecule has 1 atom stereocenters. The van der Waals surface area contributed by atoms with Crippen LogP contribution in [0.4, 0.5) is 0 Å². The molecule has 0 unspecified atom stereocenters. The number of carbonyl (C=O) groups excluding carboxylic acids is 1. The van der Waals surface area contributed by atoms with Gasteiger partial charge in [-0.2, -0.15) is 0 Å². The van der Waals surface area contributed by atoms with E-state index in [2.05, 4.69) is 16.5 Å². The lowest BCUT2D eigenvalue weighted by molar-refractivity contribution is 0.0327. The van der Waals surface area contributed by atoms with Gasteiger partial charge in [0, 0.05) is 5.56 Å². The quantitative estimate of drug-likeness (QED) is 0.723. The van der Waals surface area contributed by atoms with E-state index >= 15 is 0 Å². The Morgan fingerprint density at radius 3 is 2.68 bits per heavy atom. The molecule has 0 saturated carbocycles. The maximum Gasteiger partial charge on any atom is 0.352 e. The summed E-state index contributed by atoms with van der Waals surface area (Å²) in [6.07, 6.45) is 2.90. The SMILES string of the molecule is CCCC[C@@H](C)OC(=O)c1snnc1-c1ccc(OC)cc1. The van der Waals surface area contributed by atoms with E-state index in [0.29, 0.717) is 10.6 Å². The zero-order valence-corrected chi connectivity index (χ0v) is 13.9. The lowest BCUT2D eigenvalue weighted by Gasteiger charge is -2.12. The second-order valence-electron chi connectivity index (χ2n) is 5.04. The first-order valence-corrected chi connectivity index (χ1v) is 8.10. The Morgan fingerprint density at radius 1 is 1.32 bits per heavy atom. The molecule has 0 bridgehead atoms. The van der Waals surface area contributed by atoms with Crippen LogP contribution in [0.2, 0.25) is 0 Å². The molecule has 1 heterocycles. The van der Waals surface area contributed by atoms with Crippen molar-refractivity contribution in [2.75, 3.05) is 7.11 Å². The molecule has 0 aliphatic heterocycles. The van der Waals surface area contributed by atoms with Crippen LogP contribution in [0.15, 0.2) is 24.3 Å². The van der Waals surface area contributed by atoms with E-state index in [4.69, 9.17) is 9.47 Å². The topological polar surface area (TPSA) is 61.3 Å². The first-order valence-electron chi connectivity index (χ1n) is 7.33. The molecule has 0 saturated heterocycles. The third-order valence-electron chi connectivity index (χ3n) is 3.31. The molecular weight excluding hydrogens is 300 g/mol. The highest BCUT2D eigenvalue weighted by molar-refractivity contribution is 7.08. The summed E-state index contributed by atoms with van der Waals surface area (Å²) in [5, 5.41) is 4.06. The Balaban J connectivity index is 2.12. The number of ether oxygens (including phenoxy) is 2. The number of aromatic nitrogens is 2. The van der Waals surface area contributed by atoms with Crippen LogP contribution in [0.3, 0.4) is 0 Å². The molecule has 0 aliphatic rings. The van der Waals surface area contributed by atoms with Gasteiger partial charge in [-0.15, -0.1) is 5.10 Å². The normalized spacial score (nSPS) is 12.0. The molecule has 22 heavy (non-hydrogen) atoms. The Kier molecular flexibility index (Phi) is 5.89. The number of methoxy groups -OCH3 is 1. The largest absolute Gasteiger partial charge is 0.497 e. The molecule has 0 N–H and O–H groups in total. The van der Waals surface area contributed by atoms with Gasteiger partial charge in [-0.05, 0) is 49.1 Å². The molecule has 0 aliphatic carbocycles. The van der Waals surface area contributed by atoms with E-state index in [9.17, 15) is 4.79 Å². The Hall–Kier alpha value is -1.95. The number of esters is 1. The number of nitrogens with zero attached hydrogens (tertiary/aromatic N) is 2. The first-order chi connectivity index (χ1) is 10.7. The minimum Gasteiger partial charge on any atom is -0.497 e. The van der Waals surface area contributed by atoms with Crippen molar-refractivity contribution in [3.05, 3.63) is 29.1 Å². The fourth-order valence-corrected chi connectivity index (χ4v) is 2.62. The third-order valence-corrected chi connectivity index (χ3v) is 4.02. The van der Waals surface area contributed by atoms with Crippen molar-refractivity contribution in [2.45, 2.75) is 39.2 Å². The van der Waals surface area contributed by atoms with Crippen LogP contribution in [0.5, 0.6) is 5.75 Å². The number of rotatable bonds is 7. The summed E-state index contributed by atoms with van der Waals surface area (Å²) in [7, 11) is 1.61. The fourth-order valence-electron chi connectivity index (χ4n) is 2.05. The van der Waals surface area contributed by atoms with Crippen molar-refractivity contribution in [2.24, 2.45) is 0 Å². The second kappa shape index (κ2) is 7.89. The molecule has 118 valence electrons. The van der Waals surface area contributed by atoms with Crippen molar-refractivity contribution in [1.29, 1.82) is 0 Å². The molecule has 1 aromatic heterocycles. The highest BCUT2D eigenvalue weighted by Gasteiger charge is 2.21. The average molecular weight is 320 g/mol. The Morgan fingerprint density at radius 2 is 2.05 bits per heavy atom. The Labute approximate surface area is 134 Å². The summed E-state index contributed by atoms with van der Waals surface area (Å²) in [6, 6.07) is 7.36. The Bertz CT molecular complexity index is 610. The molecule has 0 amide bonds. The molecule has 2 aromatic rings. The molecule has 1 aromatic carbocycles. The standard InChI is InChI=1S/C16H20N2O3S/c1-4-5-6-11(2)21-16(19)15-14(17-18-22-15)12-7-9-13(20-3)10-8-12/h7-11H,4-6H2,1-3H3/t11-/m1/s1. The maximum atomic E-state index is 12.3. The van der Waals surface area contributed by atoms with Gasteiger partial charge in [-0.3, -0.25) is 0 Å². The lowest BCUT2D eigenvalue weighted by Crippen LogP contribution is -2.14. The van der Waals surface area contributed by atoms with Gasteiger partial charge >= 0.3 is 5.97 Å². The monoisotopic (exact) mass is 320 g/mol. The minimum absolute atomic E-state index is 0.0988. The molecular formula is C16H20N2O3S. The molecule has 0 spiro atoms. The van der Waals surface area contributed by atoms with Gasteiger partial charge in [0.25, 0.3) is 0 Å². The van der Waals surface area contributed by atoms with Gasteiger partial charge in [0.2, 0.25) is 0 Å². The van der Waals surface area contributed by atoms with E-state index in [-0.39, 0.29) is 12.1 Å². The van der Waals surface area contributed by atoms with E-state index in [0.717, 1.165) is 42.1 Å². The van der Waals surface area contributed by atoms with Crippen LogP contribution in [0, 0.1) is 0 Å². The van der Waals surface area contributed by atoms with E-state index in [1.807, 2.05) is 31.2 Å². The van der Waals surface area contributed by atoms with Gasteiger partial charge in [0.15, 0.2) is 4.88 Å². The number of carbonyl (C=O) groups is 1. The summed E-state index contributed by atoms with van der Waals surface area (Å²) in [6.45, 7) is 4.03. The van der Waals surface area contributed by atoms with Crippen LogP contribution < -0.4 is 4.74 Å². The lowest BCUT2D eigenvalue weighted by atomic mass is 10.1. The molecule has 2 rings (SSSR count). The van der Waals surface area contributed by atoms with Gasteiger partial charge in [0.05, 0.1) is 13.2 Å². The average Bonchev–Trinajstić information content (AvgIpc) is 3.02. The van der Waals surface area contributed by atoms with Gasteiger partial charge in [-0.25, -0.2) is 4.79 Å². The number of hydrogen-bond donors (Lipinski definition) is 0. The van der Waals surface area contributed by atoms with Gasteiger partial charge in [0.1, 0.15) is 11.4 Å². The maximum absolute atomic E-state index is 12.3. The summed E-state index contributed by atoms with van der Waals surface area (Å²) in [5.74, 6) is 0.397. The van der Waals surface area contributed by atoms with Crippen LogP contribution in [0.25, 0.3) is 11.3 Å². The molecule has 6 heteroatoms. The van der Waals surface area contributed by atoms with Crippen LogP contribution in [-0.4, -0.2) is 28.8 Å². The third kappa shape index (κ3) is 4.04. The smallest absolute Gasteiger partial charge is 0.352 e.